The molecule has 1 saturated heterocycles. The zero-order valence-electron chi connectivity index (χ0n) is 20.9. The van der Waals surface area contributed by atoms with Crippen molar-refractivity contribution in [3.8, 4) is 11.1 Å². The second kappa shape index (κ2) is 10.1. The third-order valence-electron chi connectivity index (χ3n) is 7.35. The number of anilines is 1. The maximum atomic E-state index is 11.6. The van der Waals surface area contributed by atoms with Crippen molar-refractivity contribution < 1.29 is 4.79 Å². The molecule has 0 bridgehead atoms. The minimum atomic E-state index is 0.130. The van der Waals surface area contributed by atoms with Crippen molar-refractivity contribution in [2.45, 2.75) is 46.1 Å². The van der Waals surface area contributed by atoms with Gasteiger partial charge in [-0.05, 0) is 93.1 Å². The molecule has 0 saturated carbocycles. The van der Waals surface area contributed by atoms with Crippen molar-refractivity contribution in [2.75, 3.05) is 25.1 Å². The van der Waals surface area contributed by atoms with Gasteiger partial charge in [-0.1, -0.05) is 42.0 Å². The summed E-state index contributed by atoms with van der Waals surface area (Å²) in [4.78, 5) is 18.7. The summed E-state index contributed by atoms with van der Waals surface area (Å²) < 4.78 is 0. The number of aryl methyl sites for hydroxylation is 1. The van der Waals surface area contributed by atoms with Crippen LogP contribution in [-0.4, -0.2) is 35.3 Å². The highest BCUT2D eigenvalue weighted by molar-refractivity contribution is 5.94. The van der Waals surface area contributed by atoms with Crippen LogP contribution in [0.2, 0.25) is 0 Å². The van der Waals surface area contributed by atoms with E-state index in [1.807, 2.05) is 18.3 Å². The maximum absolute atomic E-state index is 11.6. The molecule has 5 rings (SSSR count). The Kier molecular flexibility index (Phi) is 6.80. The van der Waals surface area contributed by atoms with Crippen LogP contribution in [0.4, 0.5) is 5.69 Å². The van der Waals surface area contributed by atoms with Gasteiger partial charge in [-0.25, -0.2) is 5.43 Å². The van der Waals surface area contributed by atoms with Gasteiger partial charge in [0.25, 0.3) is 0 Å². The van der Waals surface area contributed by atoms with Crippen LogP contribution in [0.1, 0.15) is 65.3 Å². The van der Waals surface area contributed by atoms with E-state index in [9.17, 15) is 4.79 Å². The fraction of sp³-hybridized carbons (Fsp3) is 0.333. The zero-order chi connectivity index (χ0) is 24.4. The molecule has 1 fully saturated rings. The van der Waals surface area contributed by atoms with Gasteiger partial charge in [0.2, 0.25) is 0 Å². The van der Waals surface area contributed by atoms with Crippen molar-refractivity contribution in [3.63, 3.8) is 0 Å². The Morgan fingerprint density at radius 3 is 2.60 bits per heavy atom. The number of pyridine rings is 1. The van der Waals surface area contributed by atoms with Gasteiger partial charge in [0.15, 0.2) is 5.78 Å². The molecule has 5 heteroatoms. The molecule has 0 amide bonds. The Labute approximate surface area is 208 Å². The summed E-state index contributed by atoms with van der Waals surface area (Å²) in [7, 11) is 0. The van der Waals surface area contributed by atoms with Gasteiger partial charge in [-0.2, -0.15) is 0 Å². The Hall–Kier alpha value is -3.28. The predicted octanol–water partition coefficient (Wildman–Crippen LogP) is 5.97. The number of hydrogen-bond donors (Lipinski definition) is 2. The van der Waals surface area contributed by atoms with E-state index >= 15 is 0 Å². The van der Waals surface area contributed by atoms with Crippen molar-refractivity contribution >= 4 is 17.5 Å². The highest BCUT2D eigenvalue weighted by Gasteiger charge is 2.21. The average molecular weight is 467 g/mol. The van der Waals surface area contributed by atoms with Crippen LogP contribution in [0.5, 0.6) is 0 Å². The van der Waals surface area contributed by atoms with Crippen LogP contribution in [0.3, 0.4) is 0 Å². The third-order valence-corrected chi connectivity index (χ3v) is 7.35. The Morgan fingerprint density at radius 1 is 1.09 bits per heavy atom. The molecule has 5 nitrogen and oxygen atoms in total. The molecule has 0 radical (unpaired) electrons. The smallest absolute Gasteiger partial charge is 0.159 e. The predicted molar refractivity (Wildman–Crippen MR) is 143 cm³/mol. The molecule has 0 unspecified atom stereocenters. The molecule has 0 spiro atoms. The van der Waals surface area contributed by atoms with E-state index in [0.717, 1.165) is 56.0 Å². The molecule has 0 aliphatic carbocycles. The lowest BCUT2D eigenvalue weighted by Gasteiger charge is -2.32. The van der Waals surface area contributed by atoms with E-state index in [4.69, 9.17) is 0 Å². The van der Waals surface area contributed by atoms with Crippen LogP contribution in [-0.2, 0) is 6.54 Å². The third kappa shape index (κ3) is 5.21. The number of rotatable bonds is 6. The summed E-state index contributed by atoms with van der Waals surface area (Å²) in [6, 6.07) is 17.0. The summed E-state index contributed by atoms with van der Waals surface area (Å²) >= 11 is 0. The van der Waals surface area contributed by atoms with E-state index in [-0.39, 0.29) is 5.78 Å². The Balaban J connectivity index is 1.27. The molecule has 180 valence electrons. The summed E-state index contributed by atoms with van der Waals surface area (Å²) in [5, 5.41) is 0. The number of hydrazine groups is 1. The number of Topliss-reactive ketones (excluding diaryl/α,β-unsaturated/α-hetero) is 1. The number of fused-ring (bicyclic) bond motifs is 1. The molecule has 3 heterocycles. The number of nitrogens with one attached hydrogen (secondary N) is 2. The fourth-order valence-corrected chi connectivity index (χ4v) is 5.33. The number of nitrogens with zero attached hydrogens (tertiary/aromatic N) is 2. The van der Waals surface area contributed by atoms with Crippen LogP contribution in [0.15, 0.2) is 60.3 Å². The Bertz CT molecular complexity index is 1250. The highest BCUT2D eigenvalue weighted by atomic mass is 16.1. The lowest BCUT2D eigenvalue weighted by atomic mass is 9.88. The molecule has 3 aromatic rings. The first kappa shape index (κ1) is 23.5. The largest absolute Gasteiger partial charge is 0.321 e. The monoisotopic (exact) mass is 466 g/mol. The first-order valence-electron chi connectivity index (χ1n) is 12.6. The normalized spacial score (nSPS) is 16.7. The van der Waals surface area contributed by atoms with E-state index in [0.29, 0.717) is 5.92 Å². The van der Waals surface area contributed by atoms with Gasteiger partial charge in [-0.15, -0.1) is 0 Å². The summed E-state index contributed by atoms with van der Waals surface area (Å²) in [5.74, 6) is 0.707. The van der Waals surface area contributed by atoms with Gasteiger partial charge in [0.1, 0.15) is 0 Å². The minimum absolute atomic E-state index is 0.130. The lowest BCUT2D eigenvalue weighted by molar-refractivity contribution is 0.101. The standard InChI is InChI=1S/C30H34N4O/c1-20(19-34-14-11-25(12-15-34)24-6-4-23(5-7-24)22(3)35)16-29-21(2)31-13-10-28(29)26-8-9-30-27(17-26)18-32-33-30/h4-10,13,16-17,25,32-33H,11-12,14-15,18-19H2,1-3H3/b20-16+. The summed E-state index contributed by atoms with van der Waals surface area (Å²) in [6.45, 7) is 9.96. The number of ketones is 1. The van der Waals surface area contributed by atoms with Crippen molar-refractivity contribution in [1.29, 1.82) is 0 Å². The molecule has 1 aromatic heterocycles. The van der Waals surface area contributed by atoms with E-state index in [1.54, 1.807) is 6.92 Å². The first-order chi connectivity index (χ1) is 17.0. The lowest BCUT2D eigenvalue weighted by Crippen LogP contribution is -2.34. The second-order valence-corrected chi connectivity index (χ2v) is 9.93. The zero-order valence-corrected chi connectivity index (χ0v) is 20.9. The maximum Gasteiger partial charge on any atom is 0.159 e. The highest BCUT2D eigenvalue weighted by Crippen LogP contribution is 2.32. The molecule has 2 aliphatic heterocycles. The van der Waals surface area contributed by atoms with Crippen molar-refractivity contribution in [2.24, 2.45) is 0 Å². The van der Waals surface area contributed by atoms with E-state index in [2.05, 4.69) is 77.1 Å². The number of carbonyl (C=O) groups excluding carboxylic acids is 1. The van der Waals surface area contributed by atoms with Gasteiger partial charge in [0, 0.05) is 36.1 Å². The number of likely N-dealkylation sites (tertiary alicyclic amines) is 1. The van der Waals surface area contributed by atoms with Gasteiger partial charge in [0.05, 0.1) is 5.69 Å². The van der Waals surface area contributed by atoms with E-state index < -0.39 is 0 Å². The first-order valence-corrected chi connectivity index (χ1v) is 12.6. The van der Waals surface area contributed by atoms with Crippen LogP contribution < -0.4 is 10.9 Å². The molecule has 2 N–H and O–H groups in total. The number of benzene rings is 2. The molecular formula is C30H34N4O. The summed E-state index contributed by atoms with van der Waals surface area (Å²) in [6.07, 6.45) is 6.55. The number of carbonyl (C=O) groups is 1. The van der Waals surface area contributed by atoms with Gasteiger partial charge in [-0.3, -0.25) is 14.7 Å². The molecule has 0 atom stereocenters. The van der Waals surface area contributed by atoms with Crippen molar-refractivity contribution in [3.05, 3.63) is 88.2 Å². The number of piperidine rings is 1. The molecule has 2 aliphatic rings. The number of hydrogen-bond acceptors (Lipinski definition) is 5. The average Bonchev–Trinajstić information content (AvgIpc) is 3.34. The fourth-order valence-electron chi connectivity index (χ4n) is 5.33. The summed E-state index contributed by atoms with van der Waals surface area (Å²) in [5.41, 5.74) is 17.1. The molecule has 35 heavy (non-hydrogen) atoms. The quantitative estimate of drug-likeness (QED) is 0.438. The molecule has 2 aromatic carbocycles. The van der Waals surface area contributed by atoms with E-state index in [1.165, 1.54) is 33.4 Å². The second-order valence-electron chi connectivity index (χ2n) is 9.93. The van der Waals surface area contributed by atoms with Gasteiger partial charge >= 0.3 is 0 Å². The van der Waals surface area contributed by atoms with Gasteiger partial charge < -0.3 is 5.43 Å². The molecular weight excluding hydrogens is 432 g/mol. The number of aromatic nitrogens is 1. The minimum Gasteiger partial charge on any atom is -0.321 e. The van der Waals surface area contributed by atoms with Crippen LogP contribution in [0.25, 0.3) is 17.2 Å². The van der Waals surface area contributed by atoms with Crippen molar-refractivity contribution in [1.82, 2.24) is 15.3 Å². The van der Waals surface area contributed by atoms with Crippen LogP contribution >= 0.6 is 0 Å². The topological polar surface area (TPSA) is 57.3 Å². The Morgan fingerprint density at radius 2 is 1.86 bits per heavy atom. The van der Waals surface area contributed by atoms with Crippen LogP contribution in [0, 0.1) is 6.92 Å². The SMILES string of the molecule is CC(=O)c1ccc(C2CCN(C/C(C)=C/c3c(-c4ccc5c(c4)CNN5)ccnc3C)CC2)cc1.